The number of carbonyl (C=O) groups is 1. The average Bonchev–Trinajstić information content (AvgIpc) is 2.62. The second-order valence-electron chi connectivity index (χ2n) is 5.96. The van der Waals surface area contributed by atoms with Gasteiger partial charge in [0, 0.05) is 18.1 Å². The SMILES string of the molecule is Cc1ccc2nc(C)c(C(=O)NCCCOc3cccnc3)cc2c1. The first-order valence-electron chi connectivity index (χ1n) is 8.32. The van der Waals surface area contributed by atoms with Gasteiger partial charge in [-0.05, 0) is 50.6 Å². The Bertz CT molecular complexity index is 879. The van der Waals surface area contributed by atoms with Crippen LogP contribution in [-0.4, -0.2) is 29.0 Å². The summed E-state index contributed by atoms with van der Waals surface area (Å²) in [6, 6.07) is 11.6. The lowest BCUT2D eigenvalue weighted by Crippen LogP contribution is -2.26. The van der Waals surface area contributed by atoms with E-state index in [2.05, 4.69) is 15.3 Å². The quantitative estimate of drug-likeness (QED) is 0.701. The summed E-state index contributed by atoms with van der Waals surface area (Å²) in [4.78, 5) is 20.9. The predicted molar refractivity (Wildman–Crippen MR) is 97.9 cm³/mol. The van der Waals surface area contributed by atoms with Crippen molar-refractivity contribution in [3.8, 4) is 5.75 Å². The fourth-order valence-corrected chi connectivity index (χ4v) is 2.61. The zero-order valence-electron chi connectivity index (χ0n) is 14.5. The molecule has 0 bridgehead atoms. The van der Waals surface area contributed by atoms with E-state index in [0.717, 1.165) is 34.3 Å². The van der Waals surface area contributed by atoms with Crippen LogP contribution < -0.4 is 10.1 Å². The molecule has 3 rings (SSSR count). The van der Waals surface area contributed by atoms with Gasteiger partial charge < -0.3 is 10.1 Å². The van der Waals surface area contributed by atoms with Crippen molar-refractivity contribution in [2.45, 2.75) is 20.3 Å². The molecule has 1 N–H and O–H groups in total. The van der Waals surface area contributed by atoms with Gasteiger partial charge in [0.05, 0.1) is 29.6 Å². The predicted octanol–water partition coefficient (Wildman–Crippen LogP) is 3.45. The Morgan fingerprint density at radius 1 is 1.20 bits per heavy atom. The lowest BCUT2D eigenvalue weighted by Gasteiger charge is -2.10. The number of nitrogens with zero attached hydrogens (tertiary/aromatic N) is 2. The van der Waals surface area contributed by atoms with E-state index in [1.54, 1.807) is 12.4 Å². The van der Waals surface area contributed by atoms with E-state index >= 15 is 0 Å². The Kier molecular flexibility index (Phi) is 5.23. The van der Waals surface area contributed by atoms with Gasteiger partial charge in [0.2, 0.25) is 0 Å². The molecule has 5 nitrogen and oxygen atoms in total. The molecule has 5 heteroatoms. The van der Waals surface area contributed by atoms with Crippen LogP contribution in [0.2, 0.25) is 0 Å². The maximum absolute atomic E-state index is 12.4. The van der Waals surface area contributed by atoms with Crippen molar-refractivity contribution >= 4 is 16.8 Å². The molecule has 0 saturated heterocycles. The van der Waals surface area contributed by atoms with Crippen LogP contribution in [0.15, 0.2) is 48.8 Å². The minimum atomic E-state index is -0.102. The zero-order valence-corrected chi connectivity index (χ0v) is 14.5. The summed E-state index contributed by atoms with van der Waals surface area (Å²) in [5.41, 5.74) is 3.41. The Labute approximate surface area is 147 Å². The third-order valence-corrected chi connectivity index (χ3v) is 3.92. The lowest BCUT2D eigenvalue weighted by atomic mass is 10.1. The molecule has 0 saturated carbocycles. The number of aryl methyl sites for hydroxylation is 2. The summed E-state index contributed by atoms with van der Waals surface area (Å²) >= 11 is 0. The Hall–Kier alpha value is -2.95. The van der Waals surface area contributed by atoms with Crippen LogP contribution in [0, 0.1) is 13.8 Å². The molecule has 0 atom stereocenters. The van der Waals surface area contributed by atoms with Crippen molar-refractivity contribution in [3.63, 3.8) is 0 Å². The summed E-state index contributed by atoms with van der Waals surface area (Å²) in [5.74, 6) is 0.633. The topological polar surface area (TPSA) is 64.1 Å². The highest BCUT2D eigenvalue weighted by Crippen LogP contribution is 2.18. The van der Waals surface area contributed by atoms with Gasteiger partial charge in [-0.3, -0.25) is 14.8 Å². The van der Waals surface area contributed by atoms with Gasteiger partial charge in [0.25, 0.3) is 5.91 Å². The number of hydrogen-bond donors (Lipinski definition) is 1. The molecule has 0 unspecified atom stereocenters. The molecule has 25 heavy (non-hydrogen) atoms. The fourth-order valence-electron chi connectivity index (χ4n) is 2.61. The number of fused-ring (bicyclic) bond motifs is 1. The first kappa shape index (κ1) is 16.9. The minimum absolute atomic E-state index is 0.102. The van der Waals surface area contributed by atoms with E-state index in [0.29, 0.717) is 18.7 Å². The second-order valence-corrected chi connectivity index (χ2v) is 5.96. The van der Waals surface area contributed by atoms with Crippen molar-refractivity contribution < 1.29 is 9.53 Å². The third-order valence-electron chi connectivity index (χ3n) is 3.92. The molecule has 0 aliphatic carbocycles. The van der Waals surface area contributed by atoms with Crippen LogP contribution in [0.1, 0.15) is 28.0 Å². The number of rotatable bonds is 6. The molecule has 0 spiro atoms. The van der Waals surface area contributed by atoms with Crippen LogP contribution >= 0.6 is 0 Å². The Morgan fingerprint density at radius 2 is 2.08 bits per heavy atom. The van der Waals surface area contributed by atoms with Crippen LogP contribution in [0.25, 0.3) is 10.9 Å². The van der Waals surface area contributed by atoms with E-state index in [4.69, 9.17) is 4.74 Å². The number of benzene rings is 1. The largest absolute Gasteiger partial charge is 0.492 e. The number of carbonyl (C=O) groups excluding carboxylic acids is 1. The molecule has 128 valence electrons. The molecular weight excluding hydrogens is 314 g/mol. The number of amides is 1. The monoisotopic (exact) mass is 335 g/mol. The highest BCUT2D eigenvalue weighted by Gasteiger charge is 2.11. The number of nitrogens with one attached hydrogen (secondary N) is 1. The van der Waals surface area contributed by atoms with Crippen molar-refractivity contribution in [2.75, 3.05) is 13.2 Å². The lowest BCUT2D eigenvalue weighted by molar-refractivity contribution is 0.0950. The molecule has 0 radical (unpaired) electrons. The van der Waals surface area contributed by atoms with Crippen LogP contribution in [0.3, 0.4) is 0 Å². The number of ether oxygens (including phenoxy) is 1. The second kappa shape index (κ2) is 7.75. The van der Waals surface area contributed by atoms with Crippen LogP contribution in [0.4, 0.5) is 0 Å². The number of hydrogen-bond acceptors (Lipinski definition) is 4. The van der Waals surface area contributed by atoms with Crippen molar-refractivity contribution in [1.29, 1.82) is 0 Å². The molecule has 2 heterocycles. The van der Waals surface area contributed by atoms with Crippen LogP contribution in [0.5, 0.6) is 5.75 Å². The number of aromatic nitrogens is 2. The average molecular weight is 335 g/mol. The first-order chi connectivity index (χ1) is 12.1. The van der Waals surface area contributed by atoms with Gasteiger partial charge in [0.1, 0.15) is 5.75 Å². The Morgan fingerprint density at radius 3 is 2.88 bits per heavy atom. The fraction of sp³-hybridized carbons (Fsp3) is 0.250. The summed E-state index contributed by atoms with van der Waals surface area (Å²) in [7, 11) is 0. The maximum Gasteiger partial charge on any atom is 0.253 e. The van der Waals surface area contributed by atoms with Gasteiger partial charge in [0.15, 0.2) is 0 Å². The molecule has 2 aromatic heterocycles. The van der Waals surface area contributed by atoms with Gasteiger partial charge in [-0.25, -0.2) is 0 Å². The van der Waals surface area contributed by atoms with E-state index in [1.165, 1.54) is 0 Å². The Balaban J connectivity index is 1.56. The molecule has 3 aromatic rings. The highest BCUT2D eigenvalue weighted by molar-refractivity contribution is 5.98. The molecule has 1 aromatic carbocycles. The van der Waals surface area contributed by atoms with E-state index in [9.17, 15) is 4.79 Å². The zero-order chi connectivity index (χ0) is 17.6. The first-order valence-corrected chi connectivity index (χ1v) is 8.32. The molecule has 1 amide bonds. The standard InChI is InChI=1S/C20H21N3O2/c1-14-6-7-19-16(11-14)12-18(15(2)23-19)20(24)22-9-4-10-25-17-5-3-8-21-13-17/h3,5-8,11-13H,4,9-10H2,1-2H3,(H,22,24). The van der Waals surface area contributed by atoms with Gasteiger partial charge in [-0.2, -0.15) is 0 Å². The molecule has 0 fully saturated rings. The third kappa shape index (κ3) is 4.32. The normalized spacial score (nSPS) is 10.6. The minimum Gasteiger partial charge on any atom is -0.492 e. The highest BCUT2D eigenvalue weighted by atomic mass is 16.5. The van der Waals surface area contributed by atoms with Gasteiger partial charge >= 0.3 is 0 Å². The summed E-state index contributed by atoms with van der Waals surface area (Å²) in [6.07, 6.45) is 4.10. The van der Waals surface area contributed by atoms with E-state index < -0.39 is 0 Å². The molecule has 0 aliphatic heterocycles. The van der Waals surface area contributed by atoms with Gasteiger partial charge in [-0.1, -0.05) is 11.6 Å². The number of pyridine rings is 2. The van der Waals surface area contributed by atoms with Crippen LogP contribution in [-0.2, 0) is 0 Å². The summed E-state index contributed by atoms with van der Waals surface area (Å²) in [5, 5.41) is 3.91. The van der Waals surface area contributed by atoms with Gasteiger partial charge in [-0.15, -0.1) is 0 Å². The van der Waals surface area contributed by atoms with E-state index in [1.807, 2.05) is 50.2 Å². The van der Waals surface area contributed by atoms with Crippen molar-refractivity contribution in [1.82, 2.24) is 15.3 Å². The van der Waals surface area contributed by atoms with Crippen molar-refractivity contribution in [3.05, 3.63) is 65.6 Å². The maximum atomic E-state index is 12.4. The molecular formula is C20H21N3O2. The molecule has 0 aliphatic rings. The van der Waals surface area contributed by atoms with E-state index in [-0.39, 0.29) is 5.91 Å². The van der Waals surface area contributed by atoms with Crippen molar-refractivity contribution in [2.24, 2.45) is 0 Å². The smallest absolute Gasteiger partial charge is 0.253 e. The summed E-state index contributed by atoms with van der Waals surface area (Å²) < 4.78 is 5.56. The summed E-state index contributed by atoms with van der Waals surface area (Å²) in [6.45, 7) is 4.96.